The summed E-state index contributed by atoms with van der Waals surface area (Å²) in [6.45, 7) is 6.69. The van der Waals surface area contributed by atoms with E-state index in [4.69, 9.17) is 9.26 Å². The van der Waals surface area contributed by atoms with Crippen LogP contribution in [0.15, 0.2) is 4.52 Å². The first-order chi connectivity index (χ1) is 9.72. The maximum Gasteiger partial charge on any atom is 0.310 e. The van der Waals surface area contributed by atoms with Gasteiger partial charge in [0.1, 0.15) is 0 Å². The number of ether oxygens (including phenoxy) is 1. The first kappa shape index (κ1) is 15.0. The van der Waals surface area contributed by atoms with Crippen LogP contribution in [0.3, 0.4) is 0 Å². The van der Waals surface area contributed by atoms with E-state index in [1.807, 2.05) is 6.92 Å². The Labute approximate surface area is 119 Å². The summed E-state index contributed by atoms with van der Waals surface area (Å²) in [4.78, 5) is 18.4. The lowest BCUT2D eigenvalue weighted by atomic mass is 9.98. The van der Waals surface area contributed by atoms with Crippen LogP contribution in [0, 0.1) is 5.92 Å². The highest BCUT2D eigenvalue weighted by molar-refractivity contribution is 5.72. The van der Waals surface area contributed by atoms with E-state index in [0.29, 0.717) is 24.9 Å². The van der Waals surface area contributed by atoms with Crippen molar-refractivity contribution in [2.45, 2.75) is 46.1 Å². The third-order valence-corrected chi connectivity index (χ3v) is 3.46. The fourth-order valence-electron chi connectivity index (χ4n) is 2.52. The molecule has 0 aromatic carbocycles. The van der Waals surface area contributed by atoms with E-state index >= 15 is 0 Å². The molecule has 1 aliphatic rings. The van der Waals surface area contributed by atoms with Gasteiger partial charge in [0.05, 0.1) is 19.1 Å². The zero-order valence-electron chi connectivity index (χ0n) is 12.3. The lowest BCUT2D eigenvalue weighted by molar-refractivity contribution is -0.150. The molecular weight excluding hydrogens is 258 g/mol. The maximum atomic E-state index is 11.8. The molecule has 1 saturated heterocycles. The molecule has 2 rings (SSSR count). The predicted molar refractivity (Wildman–Crippen MR) is 72.9 cm³/mol. The molecule has 1 aliphatic heterocycles. The van der Waals surface area contributed by atoms with Crippen LogP contribution in [0.2, 0.25) is 0 Å². The van der Waals surface area contributed by atoms with Crippen LogP contribution in [-0.4, -0.2) is 40.7 Å². The molecule has 1 unspecified atom stereocenters. The summed E-state index contributed by atoms with van der Waals surface area (Å²) >= 11 is 0. The van der Waals surface area contributed by atoms with Gasteiger partial charge in [0.25, 0.3) is 0 Å². The van der Waals surface area contributed by atoms with Crippen molar-refractivity contribution in [1.29, 1.82) is 0 Å². The van der Waals surface area contributed by atoms with E-state index in [-0.39, 0.29) is 11.9 Å². The molecule has 0 bridgehead atoms. The third-order valence-electron chi connectivity index (χ3n) is 3.46. The van der Waals surface area contributed by atoms with Gasteiger partial charge in [0.2, 0.25) is 5.89 Å². The highest BCUT2D eigenvalue weighted by Crippen LogP contribution is 2.19. The zero-order chi connectivity index (χ0) is 14.4. The minimum atomic E-state index is -0.0861. The molecule has 1 aromatic rings. The van der Waals surface area contributed by atoms with Crippen molar-refractivity contribution in [3.8, 4) is 0 Å². The second-order valence-electron chi connectivity index (χ2n) is 5.18. The van der Waals surface area contributed by atoms with Crippen LogP contribution in [0.5, 0.6) is 0 Å². The van der Waals surface area contributed by atoms with Gasteiger partial charge in [0.15, 0.2) is 5.82 Å². The number of nitrogens with zero attached hydrogens (tertiary/aromatic N) is 3. The van der Waals surface area contributed by atoms with Crippen LogP contribution in [0.4, 0.5) is 0 Å². The van der Waals surface area contributed by atoms with E-state index in [1.165, 1.54) is 0 Å². The van der Waals surface area contributed by atoms with Crippen molar-refractivity contribution in [2.75, 3.05) is 19.7 Å². The zero-order valence-corrected chi connectivity index (χ0v) is 12.3. The van der Waals surface area contributed by atoms with Gasteiger partial charge < -0.3 is 9.26 Å². The normalized spacial score (nSPS) is 20.0. The molecule has 1 atom stereocenters. The molecule has 0 aliphatic carbocycles. The highest BCUT2D eigenvalue weighted by Gasteiger charge is 2.27. The second kappa shape index (κ2) is 7.38. The third kappa shape index (κ3) is 4.03. The molecule has 20 heavy (non-hydrogen) atoms. The Morgan fingerprint density at radius 2 is 2.35 bits per heavy atom. The number of aromatic nitrogens is 2. The van der Waals surface area contributed by atoms with Crippen molar-refractivity contribution < 1.29 is 14.1 Å². The van der Waals surface area contributed by atoms with Gasteiger partial charge in [-0.3, -0.25) is 9.69 Å². The van der Waals surface area contributed by atoms with E-state index in [1.54, 1.807) is 0 Å². The number of carbonyl (C=O) groups excluding carboxylic acids is 1. The molecule has 0 spiro atoms. The predicted octanol–water partition coefficient (Wildman–Crippen LogP) is 1.80. The molecule has 0 amide bonds. The summed E-state index contributed by atoms with van der Waals surface area (Å²) in [5.74, 6) is 1.29. The number of piperidine rings is 1. The van der Waals surface area contributed by atoms with Crippen LogP contribution in [-0.2, 0) is 22.5 Å². The topological polar surface area (TPSA) is 68.5 Å². The molecule has 6 heteroatoms. The Morgan fingerprint density at radius 1 is 1.50 bits per heavy atom. The smallest absolute Gasteiger partial charge is 0.310 e. The molecule has 0 saturated carbocycles. The van der Waals surface area contributed by atoms with Crippen molar-refractivity contribution in [1.82, 2.24) is 15.0 Å². The number of hydrogen-bond acceptors (Lipinski definition) is 6. The Hall–Kier alpha value is -1.43. The standard InChI is InChI=1S/C14H23N3O3/c1-3-6-13-15-12(16-20-13)10-17-8-5-7-11(9-17)14(18)19-4-2/h11H,3-10H2,1-2H3. The van der Waals surface area contributed by atoms with Crippen LogP contribution >= 0.6 is 0 Å². The number of likely N-dealkylation sites (tertiary alicyclic amines) is 1. The summed E-state index contributed by atoms with van der Waals surface area (Å²) in [5, 5.41) is 3.99. The quantitative estimate of drug-likeness (QED) is 0.741. The minimum Gasteiger partial charge on any atom is -0.466 e. The summed E-state index contributed by atoms with van der Waals surface area (Å²) in [5.41, 5.74) is 0. The number of aryl methyl sites for hydroxylation is 1. The number of carbonyl (C=O) groups is 1. The van der Waals surface area contributed by atoms with Gasteiger partial charge >= 0.3 is 5.97 Å². The second-order valence-corrected chi connectivity index (χ2v) is 5.18. The fraction of sp³-hybridized carbons (Fsp3) is 0.786. The summed E-state index contributed by atoms with van der Waals surface area (Å²) < 4.78 is 10.3. The van der Waals surface area contributed by atoms with Crippen LogP contribution < -0.4 is 0 Å². The Kier molecular flexibility index (Phi) is 5.52. The number of hydrogen-bond donors (Lipinski definition) is 0. The van der Waals surface area contributed by atoms with Gasteiger partial charge in [-0.05, 0) is 32.7 Å². The molecule has 1 aromatic heterocycles. The molecule has 0 radical (unpaired) electrons. The summed E-state index contributed by atoms with van der Waals surface area (Å²) in [6, 6.07) is 0. The Balaban J connectivity index is 1.87. The van der Waals surface area contributed by atoms with E-state index < -0.39 is 0 Å². The molecule has 6 nitrogen and oxygen atoms in total. The van der Waals surface area contributed by atoms with E-state index in [9.17, 15) is 4.79 Å². The van der Waals surface area contributed by atoms with Gasteiger partial charge in [-0.15, -0.1) is 0 Å². The molecule has 0 N–H and O–H groups in total. The maximum absolute atomic E-state index is 11.8. The number of esters is 1. The lowest BCUT2D eigenvalue weighted by Crippen LogP contribution is -2.39. The van der Waals surface area contributed by atoms with Gasteiger partial charge in [-0.25, -0.2) is 0 Å². The van der Waals surface area contributed by atoms with Gasteiger partial charge in [-0.1, -0.05) is 12.1 Å². The van der Waals surface area contributed by atoms with E-state index in [0.717, 1.165) is 38.8 Å². The number of rotatable bonds is 6. The first-order valence-corrected chi connectivity index (χ1v) is 7.43. The first-order valence-electron chi connectivity index (χ1n) is 7.43. The van der Waals surface area contributed by atoms with Crippen molar-refractivity contribution in [2.24, 2.45) is 5.92 Å². The SMILES string of the molecule is CCCc1nc(CN2CCCC(C(=O)OCC)C2)no1. The van der Waals surface area contributed by atoms with Crippen LogP contribution in [0.1, 0.15) is 44.8 Å². The van der Waals surface area contributed by atoms with Crippen molar-refractivity contribution in [3.63, 3.8) is 0 Å². The Morgan fingerprint density at radius 3 is 3.10 bits per heavy atom. The van der Waals surface area contributed by atoms with Crippen LogP contribution in [0.25, 0.3) is 0 Å². The average Bonchev–Trinajstić information content (AvgIpc) is 2.87. The van der Waals surface area contributed by atoms with Crippen molar-refractivity contribution >= 4 is 5.97 Å². The summed E-state index contributed by atoms with van der Waals surface area (Å²) in [7, 11) is 0. The monoisotopic (exact) mass is 281 g/mol. The molecule has 1 fully saturated rings. The lowest BCUT2D eigenvalue weighted by Gasteiger charge is -2.30. The molecule has 2 heterocycles. The molecular formula is C14H23N3O3. The van der Waals surface area contributed by atoms with E-state index in [2.05, 4.69) is 22.0 Å². The van der Waals surface area contributed by atoms with Crippen molar-refractivity contribution in [3.05, 3.63) is 11.7 Å². The van der Waals surface area contributed by atoms with Gasteiger partial charge in [0, 0.05) is 13.0 Å². The largest absolute Gasteiger partial charge is 0.466 e. The highest BCUT2D eigenvalue weighted by atomic mass is 16.5. The summed E-state index contributed by atoms with van der Waals surface area (Å²) in [6.07, 6.45) is 3.72. The Bertz CT molecular complexity index is 433. The molecule has 112 valence electrons. The van der Waals surface area contributed by atoms with Gasteiger partial charge in [-0.2, -0.15) is 4.98 Å². The average molecular weight is 281 g/mol. The fourth-order valence-corrected chi connectivity index (χ4v) is 2.52. The minimum absolute atomic E-state index is 0.0225.